The zero-order valence-electron chi connectivity index (χ0n) is 34.1. The highest BCUT2D eigenvalue weighted by Gasteiger charge is 2.78. The number of benzene rings is 2. The van der Waals surface area contributed by atoms with Gasteiger partial charge >= 0.3 is 23.9 Å². The minimum absolute atomic E-state index is 0.0202. The highest BCUT2D eigenvalue weighted by atomic mass is 16.6. The molecular formula is C44H51NO14. The second-order valence-electron chi connectivity index (χ2n) is 17.5. The number of carbonyl (C=O) groups is 6. The average molecular weight is 818 g/mol. The van der Waals surface area contributed by atoms with Crippen LogP contribution in [0, 0.1) is 22.7 Å². The lowest BCUT2D eigenvalue weighted by Gasteiger charge is -2.67. The van der Waals surface area contributed by atoms with Crippen LogP contribution in [0.25, 0.3) is 0 Å². The van der Waals surface area contributed by atoms with Crippen LogP contribution < -0.4 is 5.32 Å². The molecule has 2 aromatic rings. The molecule has 316 valence electrons. The summed E-state index contributed by atoms with van der Waals surface area (Å²) in [6, 6.07) is 16.1. The van der Waals surface area contributed by atoms with Crippen LogP contribution in [0.3, 0.4) is 0 Å². The van der Waals surface area contributed by atoms with Crippen LogP contribution in [-0.4, -0.2) is 111 Å². The van der Waals surface area contributed by atoms with E-state index in [1.54, 1.807) is 69.3 Å². The lowest BCUT2D eigenvalue weighted by atomic mass is 9.44. The van der Waals surface area contributed by atoms with Crippen molar-refractivity contribution in [1.29, 1.82) is 0 Å². The maximum atomic E-state index is 15.4. The van der Waals surface area contributed by atoms with E-state index in [4.69, 9.17) is 23.7 Å². The maximum absolute atomic E-state index is 15.4. The number of fused-ring (bicyclic) bond motifs is 5. The molecule has 0 unspecified atom stereocenters. The zero-order chi connectivity index (χ0) is 43.0. The number of Topliss-reactive ketones (excluding diaryl/α,β-unsaturated/α-hetero) is 1. The summed E-state index contributed by atoms with van der Waals surface area (Å²) in [4.78, 5) is 82.8. The summed E-state index contributed by atoms with van der Waals surface area (Å²) in [5.74, 6) is -6.95. The van der Waals surface area contributed by atoms with Crippen LogP contribution in [0.4, 0.5) is 0 Å². The van der Waals surface area contributed by atoms with Gasteiger partial charge in [-0.3, -0.25) is 19.2 Å². The Morgan fingerprint density at radius 3 is 2.00 bits per heavy atom. The molecule has 4 N–H and O–H groups in total. The number of hydrogen-bond donors (Lipinski definition) is 4. The Hall–Kier alpha value is -4.96. The van der Waals surface area contributed by atoms with Gasteiger partial charge in [-0.2, -0.15) is 0 Å². The SMILES string of the molecule is CC(=O)O[C@H]1C(=O)[C@@]2(C)[C@H]([C@H](OC(=O)c3ccccc3)[C@]3(O)C[C@H](OC(=O)[C@H](O)[C@]4(NC(=O)c5ccccc5)C[C@@H]4C)C(C)=C1C3(C)C)[C@]1(OC(C)=O)CO[C@@H]1C[C@@H]2O. The quantitative estimate of drug-likeness (QED) is 0.163. The third-order valence-electron chi connectivity index (χ3n) is 13.9. The van der Waals surface area contributed by atoms with Gasteiger partial charge in [0.05, 0.1) is 35.1 Å². The van der Waals surface area contributed by atoms with Crippen molar-refractivity contribution >= 4 is 35.6 Å². The van der Waals surface area contributed by atoms with Crippen LogP contribution in [-0.2, 0) is 42.9 Å². The first kappa shape index (κ1) is 42.2. The fourth-order valence-electron chi connectivity index (χ4n) is 10.4. The molecule has 0 aromatic heterocycles. The van der Waals surface area contributed by atoms with Gasteiger partial charge in [-0.25, -0.2) is 9.59 Å². The standard InChI is InChI=1S/C44H51NO14/c1-22-19-42(22,45-37(51)26-14-10-8-11-15-26)35(50)39(53)57-28-20-44(54)36(58-38(52)27-16-12-9-13-17-27)33-41(7,29(48)18-30-43(33,21-55-30)59-25(4)47)34(49)32(56-24(3)46)31(23(28)2)40(44,5)6/h8-17,22,28-30,32-33,35-36,48,50,54H,18-21H2,1-7H3,(H,45,51)/t22-,28-,29-,30+,32+,33-,35-,36-,41+,42-,43-,44+/m0/s1. The van der Waals surface area contributed by atoms with Crippen LogP contribution in [0.15, 0.2) is 71.8 Å². The van der Waals surface area contributed by atoms with Crippen molar-refractivity contribution in [2.45, 2.75) is 121 Å². The van der Waals surface area contributed by atoms with Crippen molar-refractivity contribution in [2.24, 2.45) is 22.7 Å². The summed E-state index contributed by atoms with van der Waals surface area (Å²) in [5.41, 5.74) is -8.55. The van der Waals surface area contributed by atoms with Gasteiger partial charge in [-0.05, 0) is 61.6 Å². The normalized spacial score (nSPS) is 37.1. The topological polar surface area (TPSA) is 221 Å². The summed E-state index contributed by atoms with van der Waals surface area (Å²) in [6.45, 7) is 9.79. The first-order valence-electron chi connectivity index (χ1n) is 19.8. The van der Waals surface area contributed by atoms with Gasteiger partial charge in [0.25, 0.3) is 5.91 Å². The highest BCUT2D eigenvalue weighted by molar-refractivity contribution is 5.97. The van der Waals surface area contributed by atoms with Gasteiger partial charge in [0.2, 0.25) is 0 Å². The average Bonchev–Trinajstić information content (AvgIpc) is 3.84. The molecule has 15 heteroatoms. The van der Waals surface area contributed by atoms with E-state index in [1.807, 2.05) is 0 Å². The van der Waals surface area contributed by atoms with E-state index in [1.165, 1.54) is 26.0 Å². The second-order valence-corrected chi connectivity index (χ2v) is 17.5. The lowest BCUT2D eigenvalue weighted by molar-refractivity contribution is -0.346. The van der Waals surface area contributed by atoms with Gasteiger partial charge in [-0.1, -0.05) is 57.2 Å². The molecule has 0 radical (unpaired) electrons. The van der Waals surface area contributed by atoms with Crippen molar-refractivity contribution in [3.8, 4) is 0 Å². The molecule has 1 aliphatic heterocycles. The molecule has 5 aliphatic rings. The molecule has 12 atom stereocenters. The third-order valence-corrected chi connectivity index (χ3v) is 13.9. The van der Waals surface area contributed by atoms with E-state index in [9.17, 15) is 39.3 Å². The maximum Gasteiger partial charge on any atom is 0.338 e. The molecule has 15 nitrogen and oxygen atoms in total. The van der Waals surface area contributed by atoms with Crippen LogP contribution >= 0.6 is 0 Å². The predicted octanol–water partition coefficient (Wildman–Crippen LogP) is 2.77. The van der Waals surface area contributed by atoms with E-state index in [2.05, 4.69) is 5.32 Å². The summed E-state index contributed by atoms with van der Waals surface area (Å²) in [6.07, 6.45) is -9.94. The Morgan fingerprint density at radius 1 is 0.881 bits per heavy atom. The number of esters is 4. The number of ketones is 1. The van der Waals surface area contributed by atoms with E-state index in [-0.39, 0.29) is 42.1 Å². The highest BCUT2D eigenvalue weighted by Crippen LogP contribution is 2.64. The number of aliphatic hydroxyl groups excluding tert-OH is 2. The Morgan fingerprint density at radius 2 is 1.47 bits per heavy atom. The fraction of sp³-hybridized carbons (Fsp3) is 0.545. The largest absolute Gasteiger partial charge is 0.456 e. The number of ether oxygens (including phenoxy) is 5. The van der Waals surface area contributed by atoms with Gasteiger partial charge in [0.15, 0.2) is 23.6 Å². The molecule has 0 spiro atoms. The molecule has 1 heterocycles. The van der Waals surface area contributed by atoms with E-state index >= 15 is 4.79 Å². The number of rotatable bonds is 9. The molecule has 4 fully saturated rings. The van der Waals surface area contributed by atoms with Gasteiger partial charge in [0.1, 0.15) is 23.9 Å². The number of aliphatic hydroxyl groups is 3. The number of nitrogens with one attached hydrogen (secondary N) is 1. The molecule has 7 rings (SSSR count). The second kappa shape index (κ2) is 14.6. The molecule has 1 amide bonds. The molecule has 2 bridgehead atoms. The molecular weight excluding hydrogens is 766 g/mol. The van der Waals surface area contributed by atoms with Crippen molar-refractivity contribution < 1.29 is 67.8 Å². The van der Waals surface area contributed by atoms with Gasteiger partial charge in [0, 0.05) is 37.7 Å². The van der Waals surface area contributed by atoms with E-state index in [0.29, 0.717) is 5.56 Å². The van der Waals surface area contributed by atoms with Crippen LogP contribution in [0.2, 0.25) is 0 Å². The Balaban J connectivity index is 1.38. The third kappa shape index (κ3) is 6.48. The molecule has 3 saturated carbocycles. The number of carbonyl (C=O) groups excluding carboxylic acids is 6. The lowest BCUT2D eigenvalue weighted by Crippen LogP contribution is -2.82. The van der Waals surface area contributed by atoms with Crippen molar-refractivity contribution in [3.05, 3.63) is 82.9 Å². The summed E-state index contributed by atoms with van der Waals surface area (Å²) in [7, 11) is 0. The van der Waals surface area contributed by atoms with Crippen molar-refractivity contribution in [2.75, 3.05) is 6.61 Å². The van der Waals surface area contributed by atoms with Crippen LogP contribution in [0.5, 0.6) is 0 Å². The summed E-state index contributed by atoms with van der Waals surface area (Å²) < 4.78 is 30.2. The van der Waals surface area contributed by atoms with Crippen LogP contribution in [0.1, 0.15) is 88.4 Å². The Kier molecular flexibility index (Phi) is 10.5. The predicted molar refractivity (Wildman–Crippen MR) is 205 cm³/mol. The number of amides is 1. The van der Waals surface area contributed by atoms with Gasteiger partial charge in [-0.15, -0.1) is 0 Å². The summed E-state index contributed by atoms with van der Waals surface area (Å²) in [5, 5.41) is 40.0. The Bertz CT molecular complexity index is 2100. The van der Waals surface area contributed by atoms with E-state index < -0.39 is 112 Å². The molecule has 4 aliphatic carbocycles. The van der Waals surface area contributed by atoms with Crippen molar-refractivity contribution in [1.82, 2.24) is 5.32 Å². The molecule has 2 aromatic carbocycles. The monoisotopic (exact) mass is 817 g/mol. The number of hydrogen-bond acceptors (Lipinski definition) is 14. The minimum atomic E-state index is -2.36. The first-order valence-corrected chi connectivity index (χ1v) is 19.8. The summed E-state index contributed by atoms with van der Waals surface area (Å²) >= 11 is 0. The fourth-order valence-corrected chi connectivity index (χ4v) is 10.4. The zero-order valence-corrected chi connectivity index (χ0v) is 34.1. The van der Waals surface area contributed by atoms with E-state index in [0.717, 1.165) is 13.8 Å². The molecule has 59 heavy (non-hydrogen) atoms. The molecule has 1 saturated heterocycles. The Labute approximate surface area is 341 Å². The smallest absolute Gasteiger partial charge is 0.338 e. The van der Waals surface area contributed by atoms with Gasteiger partial charge < -0.3 is 44.3 Å². The first-order chi connectivity index (χ1) is 27.7. The van der Waals surface area contributed by atoms with Crippen molar-refractivity contribution in [3.63, 3.8) is 0 Å². The minimum Gasteiger partial charge on any atom is -0.456 e.